The van der Waals surface area contributed by atoms with Gasteiger partial charge in [-0.15, -0.1) is 0 Å². The van der Waals surface area contributed by atoms with E-state index in [0.29, 0.717) is 13.0 Å². The number of anilines is 1. The molecule has 6 nitrogen and oxygen atoms in total. The molecule has 1 unspecified atom stereocenters. The highest BCUT2D eigenvalue weighted by Gasteiger charge is 2.55. The van der Waals surface area contributed by atoms with Crippen molar-refractivity contribution in [3.8, 4) is 0 Å². The largest absolute Gasteiger partial charge is 0.356 e. The van der Waals surface area contributed by atoms with Gasteiger partial charge in [-0.05, 0) is 54.9 Å². The van der Waals surface area contributed by atoms with Crippen molar-refractivity contribution in [2.75, 3.05) is 24.5 Å². The van der Waals surface area contributed by atoms with Gasteiger partial charge in [-0.25, -0.2) is 14.4 Å². The molecule has 1 aliphatic heterocycles. The minimum atomic E-state index is -0.235. The number of fused-ring (bicyclic) bond motifs is 1. The van der Waals surface area contributed by atoms with Crippen LogP contribution >= 0.6 is 0 Å². The first kappa shape index (κ1) is 18.1. The summed E-state index contributed by atoms with van der Waals surface area (Å²) < 4.78 is 13.0. The number of halogens is 1. The van der Waals surface area contributed by atoms with Crippen molar-refractivity contribution in [1.82, 2.24) is 20.3 Å². The third-order valence-electron chi connectivity index (χ3n) is 6.40. The van der Waals surface area contributed by atoms with E-state index in [4.69, 9.17) is 0 Å². The molecule has 0 radical (unpaired) electrons. The van der Waals surface area contributed by atoms with Crippen LogP contribution in [0.15, 0.2) is 42.9 Å². The number of hydrogen-bond donors (Lipinski definition) is 2. The Morgan fingerprint density at radius 2 is 2.07 bits per heavy atom. The highest BCUT2D eigenvalue weighted by Crippen LogP contribution is 2.56. The number of rotatable bonds is 5. The molecule has 2 fully saturated rings. The molecule has 3 aromatic rings. The SMILES string of the molecule is O=C(NCCc1ccc(F)cc1)C1CCN(c2ncnc3[nH]ccc23)CC12CC2. The van der Waals surface area contributed by atoms with Crippen LogP contribution in [0.1, 0.15) is 24.8 Å². The van der Waals surface area contributed by atoms with Gasteiger partial charge in [-0.3, -0.25) is 4.79 Å². The van der Waals surface area contributed by atoms with Gasteiger partial charge < -0.3 is 15.2 Å². The second kappa shape index (κ2) is 7.13. The average Bonchev–Trinajstić information content (AvgIpc) is 3.31. The van der Waals surface area contributed by atoms with E-state index in [0.717, 1.165) is 54.8 Å². The Balaban J connectivity index is 1.22. The van der Waals surface area contributed by atoms with E-state index >= 15 is 0 Å². The van der Waals surface area contributed by atoms with Crippen LogP contribution in [0.5, 0.6) is 0 Å². The van der Waals surface area contributed by atoms with Gasteiger partial charge in [0.1, 0.15) is 23.6 Å². The maximum absolute atomic E-state index is 13.0. The first-order chi connectivity index (χ1) is 14.1. The fraction of sp³-hybridized carbons (Fsp3) is 0.409. The summed E-state index contributed by atoms with van der Waals surface area (Å²) in [4.78, 5) is 27.1. The van der Waals surface area contributed by atoms with Crippen molar-refractivity contribution in [1.29, 1.82) is 0 Å². The normalized spacial score (nSPS) is 20.2. The second-order valence-electron chi connectivity index (χ2n) is 8.23. The zero-order chi connectivity index (χ0) is 19.8. The van der Waals surface area contributed by atoms with Crippen LogP contribution in [-0.2, 0) is 11.2 Å². The third kappa shape index (κ3) is 3.45. The molecule has 7 heteroatoms. The first-order valence-electron chi connectivity index (χ1n) is 10.2. The lowest BCUT2D eigenvalue weighted by Crippen LogP contribution is -2.48. The number of H-pyrrole nitrogens is 1. The van der Waals surface area contributed by atoms with Gasteiger partial charge in [0.05, 0.1) is 5.39 Å². The molecule has 1 aromatic carbocycles. The lowest BCUT2D eigenvalue weighted by molar-refractivity contribution is -0.127. The van der Waals surface area contributed by atoms with Gasteiger partial charge in [-0.1, -0.05) is 12.1 Å². The molecule has 1 spiro atoms. The number of aromatic nitrogens is 3. The predicted octanol–water partition coefficient (Wildman–Crippen LogP) is 3.06. The molecule has 5 rings (SSSR count). The molecule has 29 heavy (non-hydrogen) atoms. The molecule has 150 valence electrons. The van der Waals surface area contributed by atoms with E-state index in [1.807, 2.05) is 12.3 Å². The Labute approximate surface area is 168 Å². The monoisotopic (exact) mass is 393 g/mol. The van der Waals surface area contributed by atoms with Gasteiger partial charge in [0.2, 0.25) is 5.91 Å². The van der Waals surface area contributed by atoms with Gasteiger partial charge >= 0.3 is 0 Å². The number of carbonyl (C=O) groups is 1. The number of aromatic amines is 1. The highest BCUT2D eigenvalue weighted by molar-refractivity contribution is 5.87. The fourth-order valence-corrected chi connectivity index (χ4v) is 4.63. The maximum Gasteiger partial charge on any atom is 0.223 e. The molecular formula is C22H24FN5O. The van der Waals surface area contributed by atoms with E-state index in [9.17, 15) is 9.18 Å². The molecule has 1 saturated carbocycles. The lowest BCUT2D eigenvalue weighted by atomic mass is 9.81. The van der Waals surface area contributed by atoms with E-state index in [-0.39, 0.29) is 23.1 Å². The van der Waals surface area contributed by atoms with E-state index < -0.39 is 0 Å². The van der Waals surface area contributed by atoms with Crippen LogP contribution in [0, 0.1) is 17.2 Å². The molecule has 0 bridgehead atoms. The van der Waals surface area contributed by atoms with Gasteiger partial charge in [0, 0.05) is 31.7 Å². The molecule has 1 amide bonds. The summed E-state index contributed by atoms with van der Waals surface area (Å²) in [5, 5.41) is 4.14. The van der Waals surface area contributed by atoms with Crippen LogP contribution in [0.4, 0.5) is 10.2 Å². The number of piperidine rings is 1. The quantitative estimate of drug-likeness (QED) is 0.699. The summed E-state index contributed by atoms with van der Waals surface area (Å²) in [6, 6.07) is 8.47. The van der Waals surface area contributed by atoms with E-state index in [1.165, 1.54) is 12.1 Å². The number of carbonyl (C=O) groups excluding carboxylic acids is 1. The number of nitrogens with zero attached hydrogens (tertiary/aromatic N) is 3. The van der Waals surface area contributed by atoms with E-state index in [2.05, 4.69) is 25.2 Å². The Kier molecular flexibility index (Phi) is 4.45. The Morgan fingerprint density at radius 1 is 1.24 bits per heavy atom. The zero-order valence-electron chi connectivity index (χ0n) is 16.2. The number of hydrogen-bond acceptors (Lipinski definition) is 4. The summed E-state index contributed by atoms with van der Waals surface area (Å²) in [7, 11) is 0. The Bertz CT molecular complexity index is 1030. The predicted molar refractivity (Wildman–Crippen MR) is 109 cm³/mol. The molecular weight excluding hydrogens is 369 g/mol. The highest BCUT2D eigenvalue weighted by atomic mass is 19.1. The van der Waals surface area contributed by atoms with Gasteiger partial charge in [0.15, 0.2) is 0 Å². The summed E-state index contributed by atoms with van der Waals surface area (Å²) >= 11 is 0. The molecule has 1 aliphatic carbocycles. The Morgan fingerprint density at radius 3 is 2.86 bits per heavy atom. The number of amides is 1. The van der Waals surface area contributed by atoms with Crippen molar-refractivity contribution in [3.05, 3.63) is 54.2 Å². The summed E-state index contributed by atoms with van der Waals surface area (Å²) in [5.41, 5.74) is 1.94. The average molecular weight is 393 g/mol. The summed E-state index contributed by atoms with van der Waals surface area (Å²) in [6.45, 7) is 2.26. The molecule has 1 saturated heterocycles. The van der Waals surface area contributed by atoms with Crippen molar-refractivity contribution < 1.29 is 9.18 Å². The van der Waals surface area contributed by atoms with Crippen molar-refractivity contribution >= 4 is 22.8 Å². The fourth-order valence-electron chi connectivity index (χ4n) is 4.63. The third-order valence-corrected chi connectivity index (χ3v) is 6.40. The molecule has 2 N–H and O–H groups in total. The van der Waals surface area contributed by atoms with Crippen LogP contribution in [0.3, 0.4) is 0 Å². The minimum absolute atomic E-state index is 0.0514. The standard InChI is InChI=1S/C22H24FN5O/c23-16-3-1-15(2-4-16)5-10-25-21(29)18-7-12-28(13-22(18)8-9-22)20-17-6-11-24-19(17)26-14-27-20/h1-4,6,11,14,18H,5,7-10,12-13H2,(H,25,29)(H,24,26,27). The maximum atomic E-state index is 13.0. The van der Waals surface area contributed by atoms with Crippen LogP contribution in [-0.4, -0.2) is 40.5 Å². The van der Waals surface area contributed by atoms with Gasteiger partial charge in [0.25, 0.3) is 0 Å². The second-order valence-corrected chi connectivity index (χ2v) is 8.23. The minimum Gasteiger partial charge on any atom is -0.356 e. The van der Waals surface area contributed by atoms with Crippen LogP contribution < -0.4 is 10.2 Å². The summed E-state index contributed by atoms with van der Waals surface area (Å²) in [5.74, 6) is 0.924. The summed E-state index contributed by atoms with van der Waals surface area (Å²) in [6.07, 6.45) is 7.20. The van der Waals surface area contributed by atoms with Crippen molar-refractivity contribution in [2.45, 2.75) is 25.7 Å². The zero-order valence-corrected chi connectivity index (χ0v) is 16.2. The van der Waals surface area contributed by atoms with Gasteiger partial charge in [-0.2, -0.15) is 0 Å². The first-order valence-corrected chi connectivity index (χ1v) is 10.2. The van der Waals surface area contributed by atoms with Crippen molar-refractivity contribution in [2.24, 2.45) is 11.3 Å². The molecule has 1 atom stereocenters. The van der Waals surface area contributed by atoms with Crippen molar-refractivity contribution in [3.63, 3.8) is 0 Å². The topological polar surface area (TPSA) is 73.9 Å². The number of nitrogens with one attached hydrogen (secondary N) is 2. The van der Waals surface area contributed by atoms with E-state index in [1.54, 1.807) is 18.5 Å². The molecule has 3 heterocycles. The van der Waals surface area contributed by atoms with Crippen LogP contribution in [0.2, 0.25) is 0 Å². The molecule has 2 aromatic heterocycles. The Hall–Kier alpha value is -2.96. The van der Waals surface area contributed by atoms with Crippen LogP contribution in [0.25, 0.3) is 11.0 Å². The lowest BCUT2D eigenvalue weighted by Gasteiger charge is -2.39. The molecule has 2 aliphatic rings. The smallest absolute Gasteiger partial charge is 0.223 e. The number of benzene rings is 1.